The van der Waals surface area contributed by atoms with Crippen LogP contribution in [0.4, 0.5) is 0 Å². The normalized spacial score (nSPS) is 11.5. The van der Waals surface area contributed by atoms with Gasteiger partial charge in [0.25, 0.3) is 0 Å². The Labute approximate surface area is 139 Å². The first-order chi connectivity index (χ1) is 11.2. The molecule has 0 bridgehead atoms. The largest absolute Gasteiger partial charge is 0.497 e. The van der Waals surface area contributed by atoms with Crippen molar-refractivity contribution in [2.24, 2.45) is 4.99 Å². The van der Waals surface area contributed by atoms with Crippen LogP contribution in [0.3, 0.4) is 0 Å². The van der Waals surface area contributed by atoms with Crippen LogP contribution >= 0.6 is 0 Å². The summed E-state index contributed by atoms with van der Waals surface area (Å²) in [5, 5.41) is 6.64. The van der Waals surface area contributed by atoms with Gasteiger partial charge in [0, 0.05) is 38.3 Å². The van der Waals surface area contributed by atoms with Crippen LogP contribution in [0, 0.1) is 0 Å². The molecule has 0 atom stereocenters. The van der Waals surface area contributed by atoms with Crippen molar-refractivity contribution in [2.45, 2.75) is 20.4 Å². The van der Waals surface area contributed by atoms with E-state index < -0.39 is 0 Å². The van der Waals surface area contributed by atoms with E-state index in [0.717, 1.165) is 49.2 Å². The molecule has 6 nitrogen and oxygen atoms in total. The maximum Gasteiger partial charge on any atom is 0.191 e. The number of aliphatic imine (C=N–C) groups is 1. The van der Waals surface area contributed by atoms with Crippen LogP contribution in [0.15, 0.2) is 23.2 Å². The zero-order valence-electron chi connectivity index (χ0n) is 15.0. The monoisotopic (exact) mass is 322 g/mol. The van der Waals surface area contributed by atoms with E-state index in [1.54, 1.807) is 21.3 Å². The SMILES string of the molecule is CCN(CC)CCNC(=NC)NCc1ccc(OC)cc1OC. The Kier molecular flexibility index (Phi) is 8.90. The summed E-state index contributed by atoms with van der Waals surface area (Å²) in [7, 11) is 5.09. The lowest BCUT2D eigenvalue weighted by Crippen LogP contribution is -2.41. The molecular formula is C17H30N4O2. The average Bonchev–Trinajstić information content (AvgIpc) is 2.61. The Balaban J connectivity index is 2.51. The molecule has 0 spiro atoms. The summed E-state index contributed by atoms with van der Waals surface area (Å²) >= 11 is 0. The van der Waals surface area contributed by atoms with Gasteiger partial charge < -0.3 is 25.0 Å². The summed E-state index contributed by atoms with van der Waals surface area (Å²) in [6.07, 6.45) is 0. The second kappa shape index (κ2) is 10.7. The van der Waals surface area contributed by atoms with Gasteiger partial charge in [-0.2, -0.15) is 0 Å². The molecule has 0 aliphatic carbocycles. The minimum absolute atomic E-state index is 0.637. The highest BCUT2D eigenvalue weighted by Crippen LogP contribution is 2.24. The van der Waals surface area contributed by atoms with Crippen LogP contribution in [0.5, 0.6) is 11.5 Å². The molecule has 0 amide bonds. The molecule has 1 aromatic carbocycles. The van der Waals surface area contributed by atoms with Crippen LogP contribution in [0.25, 0.3) is 0 Å². The standard InChI is InChI=1S/C17H30N4O2/c1-6-21(7-2)11-10-19-17(18-3)20-13-14-8-9-15(22-4)12-16(14)23-5/h8-9,12H,6-7,10-11,13H2,1-5H3,(H2,18,19,20). The molecule has 0 saturated heterocycles. The van der Waals surface area contributed by atoms with E-state index in [2.05, 4.69) is 34.4 Å². The smallest absolute Gasteiger partial charge is 0.191 e. The second-order valence-corrected chi connectivity index (χ2v) is 5.06. The molecule has 2 N–H and O–H groups in total. The van der Waals surface area contributed by atoms with E-state index in [4.69, 9.17) is 9.47 Å². The maximum atomic E-state index is 5.41. The highest BCUT2D eigenvalue weighted by atomic mass is 16.5. The number of hydrogen-bond acceptors (Lipinski definition) is 4. The number of hydrogen-bond donors (Lipinski definition) is 2. The fraction of sp³-hybridized carbons (Fsp3) is 0.588. The van der Waals surface area contributed by atoms with Gasteiger partial charge in [-0.15, -0.1) is 0 Å². The van der Waals surface area contributed by atoms with Gasteiger partial charge in [0.1, 0.15) is 11.5 Å². The molecule has 0 radical (unpaired) electrons. The highest BCUT2D eigenvalue weighted by molar-refractivity contribution is 5.79. The van der Waals surface area contributed by atoms with Crippen molar-refractivity contribution in [2.75, 3.05) is 47.4 Å². The minimum Gasteiger partial charge on any atom is -0.497 e. The predicted octanol–water partition coefficient (Wildman–Crippen LogP) is 1.71. The zero-order chi connectivity index (χ0) is 17.1. The molecule has 0 aromatic heterocycles. The van der Waals surface area contributed by atoms with Crippen molar-refractivity contribution in [3.63, 3.8) is 0 Å². The van der Waals surface area contributed by atoms with Gasteiger partial charge in [-0.05, 0) is 25.2 Å². The Morgan fingerprint density at radius 1 is 1.13 bits per heavy atom. The van der Waals surface area contributed by atoms with Gasteiger partial charge in [-0.3, -0.25) is 4.99 Å². The number of likely N-dealkylation sites (N-methyl/N-ethyl adjacent to an activating group) is 1. The lowest BCUT2D eigenvalue weighted by Gasteiger charge is -2.19. The van der Waals surface area contributed by atoms with E-state index in [-0.39, 0.29) is 0 Å². The summed E-state index contributed by atoms with van der Waals surface area (Å²) in [5.41, 5.74) is 1.06. The topological polar surface area (TPSA) is 58.1 Å². The first kappa shape index (κ1) is 19.1. The van der Waals surface area contributed by atoms with Gasteiger partial charge >= 0.3 is 0 Å². The van der Waals surface area contributed by atoms with Crippen LogP contribution in [-0.4, -0.2) is 58.3 Å². The van der Waals surface area contributed by atoms with Crippen molar-refractivity contribution < 1.29 is 9.47 Å². The van der Waals surface area contributed by atoms with Gasteiger partial charge in [-0.25, -0.2) is 0 Å². The first-order valence-corrected chi connectivity index (χ1v) is 8.06. The van der Waals surface area contributed by atoms with E-state index in [1.807, 2.05) is 18.2 Å². The Morgan fingerprint density at radius 2 is 1.87 bits per heavy atom. The van der Waals surface area contributed by atoms with Gasteiger partial charge in [0.15, 0.2) is 5.96 Å². The fourth-order valence-electron chi connectivity index (χ4n) is 2.27. The first-order valence-electron chi connectivity index (χ1n) is 8.06. The van der Waals surface area contributed by atoms with Gasteiger partial charge in [0.2, 0.25) is 0 Å². The summed E-state index contributed by atoms with van der Waals surface area (Å²) < 4.78 is 10.6. The Hall–Kier alpha value is -1.95. The molecule has 130 valence electrons. The Morgan fingerprint density at radius 3 is 2.43 bits per heavy atom. The second-order valence-electron chi connectivity index (χ2n) is 5.06. The highest BCUT2D eigenvalue weighted by Gasteiger charge is 2.06. The van der Waals surface area contributed by atoms with Crippen molar-refractivity contribution in [3.05, 3.63) is 23.8 Å². The number of rotatable bonds is 9. The number of guanidine groups is 1. The maximum absolute atomic E-state index is 5.41. The van der Waals surface area contributed by atoms with Gasteiger partial charge in [0.05, 0.1) is 14.2 Å². The van der Waals surface area contributed by atoms with Crippen molar-refractivity contribution in [3.8, 4) is 11.5 Å². The molecule has 0 heterocycles. The molecule has 0 saturated carbocycles. The summed E-state index contributed by atoms with van der Waals surface area (Å²) in [6, 6.07) is 5.80. The van der Waals surface area contributed by atoms with Crippen molar-refractivity contribution >= 4 is 5.96 Å². The number of ether oxygens (including phenoxy) is 2. The summed E-state index contributed by atoms with van der Waals surface area (Å²) in [6.45, 7) is 8.97. The van der Waals surface area contributed by atoms with Crippen molar-refractivity contribution in [1.29, 1.82) is 0 Å². The van der Waals surface area contributed by atoms with Crippen LogP contribution in [-0.2, 0) is 6.54 Å². The lowest BCUT2D eigenvalue weighted by atomic mass is 10.2. The number of nitrogens with one attached hydrogen (secondary N) is 2. The molecule has 1 aromatic rings. The summed E-state index contributed by atoms with van der Waals surface area (Å²) in [4.78, 5) is 6.62. The number of methoxy groups -OCH3 is 2. The Bertz CT molecular complexity index is 487. The van der Waals surface area contributed by atoms with Gasteiger partial charge in [-0.1, -0.05) is 13.8 Å². The fourth-order valence-corrected chi connectivity index (χ4v) is 2.27. The summed E-state index contributed by atoms with van der Waals surface area (Å²) in [5.74, 6) is 2.37. The minimum atomic E-state index is 0.637. The molecule has 0 fully saturated rings. The molecule has 0 aliphatic heterocycles. The van der Waals surface area contributed by atoms with E-state index in [9.17, 15) is 0 Å². The third-order valence-corrected chi connectivity index (χ3v) is 3.78. The third-order valence-electron chi connectivity index (χ3n) is 3.78. The molecular weight excluding hydrogens is 292 g/mol. The number of benzene rings is 1. The average molecular weight is 322 g/mol. The number of nitrogens with zero attached hydrogens (tertiary/aromatic N) is 2. The van der Waals surface area contributed by atoms with Crippen LogP contribution in [0.1, 0.15) is 19.4 Å². The molecule has 6 heteroatoms. The van der Waals surface area contributed by atoms with E-state index >= 15 is 0 Å². The van der Waals surface area contributed by atoms with Crippen molar-refractivity contribution in [1.82, 2.24) is 15.5 Å². The van der Waals surface area contributed by atoms with E-state index in [0.29, 0.717) is 6.54 Å². The van der Waals surface area contributed by atoms with Crippen LogP contribution in [0.2, 0.25) is 0 Å². The lowest BCUT2D eigenvalue weighted by molar-refractivity contribution is 0.308. The quantitative estimate of drug-likeness (QED) is 0.535. The van der Waals surface area contributed by atoms with E-state index in [1.165, 1.54) is 0 Å². The molecule has 0 unspecified atom stereocenters. The third kappa shape index (κ3) is 6.36. The molecule has 0 aliphatic rings. The van der Waals surface area contributed by atoms with Crippen LogP contribution < -0.4 is 20.1 Å². The predicted molar refractivity (Wildman–Crippen MR) is 95.5 cm³/mol. The molecule has 23 heavy (non-hydrogen) atoms. The zero-order valence-corrected chi connectivity index (χ0v) is 15.0. The molecule has 1 rings (SSSR count).